The molecule has 370 valence electrons. The van der Waals surface area contributed by atoms with E-state index < -0.39 is 11.7 Å². The number of hydrogen-bond donors (Lipinski definition) is 1. The summed E-state index contributed by atoms with van der Waals surface area (Å²) in [5, 5.41) is 0.335. The van der Waals surface area contributed by atoms with Crippen molar-refractivity contribution in [3.8, 4) is 0 Å². The summed E-state index contributed by atoms with van der Waals surface area (Å²) in [6.07, 6.45) is 3.18. The number of piperidine rings is 2. The van der Waals surface area contributed by atoms with E-state index in [1.54, 1.807) is 17.0 Å². The summed E-state index contributed by atoms with van der Waals surface area (Å²) in [4.78, 5) is 78.0. The van der Waals surface area contributed by atoms with Crippen molar-refractivity contribution in [2.75, 3.05) is 90.0 Å². The van der Waals surface area contributed by atoms with Crippen molar-refractivity contribution in [3.63, 3.8) is 0 Å². The Morgan fingerprint density at radius 2 is 1.32 bits per heavy atom. The Labute approximate surface area is 411 Å². The van der Waals surface area contributed by atoms with Crippen LogP contribution in [-0.2, 0) is 19.1 Å². The fourth-order valence-corrected chi connectivity index (χ4v) is 11.0. The highest BCUT2D eigenvalue weighted by atomic mass is 19.4. The Balaban J connectivity index is 0.630. The maximum Gasteiger partial charge on any atom is 0.417 e. The first-order valence-electron chi connectivity index (χ1n) is 25.1. The minimum atomic E-state index is -4.51. The number of aryl methyl sites for hydroxylation is 1. The second kappa shape index (κ2) is 20.6. The average Bonchev–Trinajstić information content (AvgIpc) is 3.40. The van der Waals surface area contributed by atoms with Crippen molar-refractivity contribution >= 4 is 45.2 Å². The second-order valence-electron chi connectivity index (χ2n) is 19.6. The van der Waals surface area contributed by atoms with Gasteiger partial charge in [0.15, 0.2) is 0 Å². The number of halogens is 3. The summed E-state index contributed by atoms with van der Waals surface area (Å²) in [7, 11) is 0. The van der Waals surface area contributed by atoms with Crippen LogP contribution in [0.25, 0.3) is 21.8 Å². The summed E-state index contributed by atoms with van der Waals surface area (Å²) in [6, 6.07) is 24.1. The van der Waals surface area contributed by atoms with Gasteiger partial charge in [-0.3, -0.25) is 34.0 Å². The first-order valence-corrected chi connectivity index (χ1v) is 25.1. The molecular weight excluding hydrogens is 908 g/mol. The molecule has 13 nitrogen and oxygen atoms in total. The van der Waals surface area contributed by atoms with Crippen molar-refractivity contribution < 1.29 is 27.6 Å². The number of anilines is 1. The number of fused-ring (bicyclic) bond motifs is 2. The van der Waals surface area contributed by atoms with Gasteiger partial charge in [0.05, 0.1) is 28.5 Å². The van der Waals surface area contributed by atoms with Crippen molar-refractivity contribution in [2.24, 2.45) is 5.92 Å². The summed E-state index contributed by atoms with van der Waals surface area (Å²) in [6.45, 7) is 12.4. The van der Waals surface area contributed by atoms with Crippen LogP contribution in [0.15, 0.2) is 102 Å². The average molecular weight is 968 g/mol. The van der Waals surface area contributed by atoms with Gasteiger partial charge in [-0.15, -0.1) is 0 Å². The zero-order chi connectivity index (χ0) is 49.2. The number of nitrogens with zero attached hydrogens (tertiary/aromatic N) is 8. The first-order chi connectivity index (χ1) is 34.4. The first kappa shape index (κ1) is 48.0. The van der Waals surface area contributed by atoms with Crippen molar-refractivity contribution in [3.05, 3.63) is 147 Å². The SMILES string of the molecule is CCc1cc2ncc(CN3CCN(c4ccc(C(=O)N5CCC(CN6CCN(C(=O)c7ccc(C8CCN(C(=O)c9cccc%10c(C(F)(F)F)cccc9%10)CC8)cc7)CC6)CC5)nc4)CC3)cc2[nH]c1=O. The van der Waals surface area contributed by atoms with Gasteiger partial charge < -0.3 is 24.6 Å². The predicted octanol–water partition coefficient (Wildman–Crippen LogP) is 7.70. The fraction of sp³-hybridized carbons (Fsp3) is 0.418. The number of piperazine rings is 2. The topological polar surface area (TPSA) is 129 Å². The normalized spacial score (nSPS) is 18.1. The number of hydrogen-bond acceptors (Lipinski definition) is 9. The molecule has 0 spiro atoms. The van der Waals surface area contributed by atoms with Crippen LogP contribution in [0.2, 0.25) is 0 Å². The standard InChI is InChI=1S/C55H60F3N9O4/c1-2-39-32-49-50(61-51(39)68)31-38(33-59-49)36-63-23-27-64(28-24-63)43-13-14-48(60-34-43)54(71)66-19-15-37(16-20-66)35-62-25-29-67(30-26-62)52(69)42-11-9-40(10-12-42)41-17-21-65(22-18-41)53(70)46-7-3-6-45-44(46)5-4-8-47(45)55(56,57)58/h3-14,31-34,37,41H,2,15-30,35-36H2,1H3,(H,61,68). The van der Waals surface area contributed by atoms with Crippen LogP contribution in [0.1, 0.15) is 92.0 Å². The molecule has 3 aromatic heterocycles. The van der Waals surface area contributed by atoms with E-state index in [9.17, 15) is 32.3 Å². The molecule has 6 aromatic rings. The predicted molar refractivity (Wildman–Crippen MR) is 268 cm³/mol. The minimum Gasteiger partial charge on any atom is -0.368 e. The largest absolute Gasteiger partial charge is 0.417 e. The molecule has 4 fully saturated rings. The van der Waals surface area contributed by atoms with Gasteiger partial charge in [-0.25, -0.2) is 4.98 Å². The highest BCUT2D eigenvalue weighted by Gasteiger charge is 2.34. The quantitative estimate of drug-likeness (QED) is 0.147. The molecule has 0 saturated carbocycles. The number of amides is 3. The molecule has 1 N–H and O–H groups in total. The third-order valence-corrected chi connectivity index (χ3v) is 15.3. The summed E-state index contributed by atoms with van der Waals surface area (Å²) in [5.74, 6) is 0.426. The van der Waals surface area contributed by atoms with Crippen molar-refractivity contribution in [2.45, 2.75) is 57.7 Å². The number of alkyl halides is 3. The van der Waals surface area contributed by atoms with Gasteiger partial charge in [-0.1, -0.05) is 43.3 Å². The number of H-pyrrole nitrogens is 1. The maximum absolute atomic E-state index is 13.7. The van der Waals surface area contributed by atoms with Crippen LogP contribution in [-0.4, -0.2) is 142 Å². The molecule has 10 rings (SSSR count). The van der Waals surface area contributed by atoms with E-state index in [1.165, 1.54) is 18.2 Å². The monoisotopic (exact) mass is 967 g/mol. The Morgan fingerprint density at radius 1 is 0.662 bits per heavy atom. The van der Waals surface area contributed by atoms with Gasteiger partial charge in [0.25, 0.3) is 23.3 Å². The van der Waals surface area contributed by atoms with Crippen LogP contribution in [0.3, 0.4) is 0 Å². The fourth-order valence-electron chi connectivity index (χ4n) is 11.0. The molecule has 0 aliphatic carbocycles. The molecule has 3 aromatic carbocycles. The number of rotatable bonds is 10. The molecule has 71 heavy (non-hydrogen) atoms. The molecule has 3 amide bonds. The molecule has 0 radical (unpaired) electrons. The molecule has 0 atom stereocenters. The van der Waals surface area contributed by atoms with Crippen LogP contribution in [0, 0.1) is 5.92 Å². The van der Waals surface area contributed by atoms with Gasteiger partial charge in [0, 0.05) is 115 Å². The number of likely N-dealkylation sites (tertiary alicyclic amines) is 2. The number of aromatic amines is 1. The van der Waals surface area contributed by atoms with Crippen LogP contribution < -0.4 is 10.5 Å². The van der Waals surface area contributed by atoms with E-state index in [0.29, 0.717) is 68.3 Å². The molecule has 7 heterocycles. The minimum absolute atomic E-state index is 0.0219. The zero-order valence-electron chi connectivity index (χ0n) is 40.2. The van der Waals surface area contributed by atoms with Gasteiger partial charge >= 0.3 is 6.18 Å². The highest BCUT2D eigenvalue weighted by Crippen LogP contribution is 2.37. The van der Waals surface area contributed by atoms with Gasteiger partial charge in [0.1, 0.15) is 5.69 Å². The lowest BCUT2D eigenvalue weighted by molar-refractivity contribution is -0.136. The molecule has 4 aliphatic rings. The Bertz CT molecular complexity index is 2950. The highest BCUT2D eigenvalue weighted by molar-refractivity contribution is 6.08. The molecule has 4 saturated heterocycles. The zero-order valence-corrected chi connectivity index (χ0v) is 40.2. The van der Waals surface area contributed by atoms with E-state index >= 15 is 0 Å². The Morgan fingerprint density at radius 3 is 2.01 bits per heavy atom. The van der Waals surface area contributed by atoms with Gasteiger partial charge in [-0.2, -0.15) is 13.2 Å². The lowest BCUT2D eigenvalue weighted by atomic mass is 9.88. The summed E-state index contributed by atoms with van der Waals surface area (Å²) >= 11 is 0. The third kappa shape index (κ3) is 10.5. The molecule has 16 heteroatoms. The van der Waals surface area contributed by atoms with Crippen LogP contribution >= 0.6 is 0 Å². The Kier molecular flexibility index (Phi) is 13.9. The molecular formula is C55H60F3N9O4. The number of pyridine rings is 3. The Hall–Kier alpha value is -6.65. The number of nitrogens with one attached hydrogen (secondary N) is 1. The van der Waals surface area contributed by atoms with E-state index in [4.69, 9.17) is 0 Å². The number of aromatic nitrogens is 3. The van der Waals surface area contributed by atoms with Crippen molar-refractivity contribution in [1.82, 2.24) is 39.5 Å². The van der Waals surface area contributed by atoms with E-state index in [1.807, 2.05) is 77.6 Å². The van der Waals surface area contributed by atoms with Crippen LogP contribution in [0.4, 0.5) is 18.9 Å². The number of benzene rings is 3. The summed E-state index contributed by atoms with van der Waals surface area (Å²) in [5.41, 5.74) is 6.11. The van der Waals surface area contributed by atoms with Gasteiger partial charge in [-0.05, 0) is 114 Å². The van der Waals surface area contributed by atoms with E-state index in [2.05, 4.69) is 29.7 Å². The van der Waals surface area contributed by atoms with E-state index in [-0.39, 0.29) is 40.1 Å². The number of carbonyl (C=O) groups is 3. The second-order valence-corrected chi connectivity index (χ2v) is 19.6. The summed E-state index contributed by atoms with van der Waals surface area (Å²) < 4.78 is 41.1. The van der Waals surface area contributed by atoms with Crippen LogP contribution in [0.5, 0.6) is 0 Å². The lowest BCUT2D eigenvalue weighted by Gasteiger charge is -2.39. The van der Waals surface area contributed by atoms with Gasteiger partial charge in [0.2, 0.25) is 0 Å². The van der Waals surface area contributed by atoms with E-state index in [0.717, 1.165) is 118 Å². The molecule has 4 aliphatic heterocycles. The lowest BCUT2D eigenvalue weighted by Crippen LogP contribution is -2.50. The molecule has 0 unspecified atom stereocenters. The maximum atomic E-state index is 13.7. The third-order valence-electron chi connectivity index (χ3n) is 15.3. The molecule has 0 bridgehead atoms. The van der Waals surface area contributed by atoms with Crippen molar-refractivity contribution in [1.29, 1.82) is 0 Å². The number of carbonyl (C=O) groups excluding carboxylic acids is 3. The smallest absolute Gasteiger partial charge is 0.368 e.